The highest BCUT2D eigenvalue weighted by Gasteiger charge is 2.56. The second kappa shape index (κ2) is 6.26. The Hall–Kier alpha value is -0.970. The zero-order valence-corrected chi connectivity index (χ0v) is 13.8. The monoisotopic (exact) mass is 324 g/mol. The van der Waals surface area contributed by atoms with Crippen molar-refractivity contribution < 1.29 is 23.1 Å². The molecule has 0 radical (unpaired) electrons. The van der Waals surface area contributed by atoms with Crippen LogP contribution in [0.3, 0.4) is 0 Å². The molecule has 1 atom stereocenters. The quantitative estimate of drug-likeness (QED) is 0.775. The van der Waals surface area contributed by atoms with Crippen molar-refractivity contribution in [2.45, 2.75) is 25.3 Å². The molecule has 22 heavy (non-hydrogen) atoms. The van der Waals surface area contributed by atoms with Gasteiger partial charge >= 0.3 is 7.60 Å². The molecular formula is C16H21O5P. The Bertz CT molecular complexity index is 596. The highest BCUT2D eigenvalue weighted by Crippen LogP contribution is 2.62. The van der Waals surface area contributed by atoms with Crippen LogP contribution in [0.25, 0.3) is 6.08 Å². The predicted molar refractivity (Wildman–Crippen MR) is 83.7 cm³/mol. The van der Waals surface area contributed by atoms with Crippen LogP contribution in [-0.2, 0) is 28.9 Å². The summed E-state index contributed by atoms with van der Waals surface area (Å²) in [7, 11) is -3.40. The summed E-state index contributed by atoms with van der Waals surface area (Å²) < 4.78 is 36.3. The van der Waals surface area contributed by atoms with Crippen molar-refractivity contribution in [3.63, 3.8) is 0 Å². The van der Waals surface area contributed by atoms with Crippen molar-refractivity contribution in [1.82, 2.24) is 0 Å². The minimum Gasteiger partial charge on any atom is -0.342 e. The van der Waals surface area contributed by atoms with Gasteiger partial charge in [-0.3, -0.25) is 4.57 Å². The summed E-state index contributed by atoms with van der Waals surface area (Å²) in [5.41, 5.74) is 1.26. The van der Waals surface area contributed by atoms with Crippen LogP contribution < -0.4 is 0 Å². The van der Waals surface area contributed by atoms with Crippen molar-refractivity contribution in [3.8, 4) is 0 Å². The molecule has 1 saturated heterocycles. The third-order valence-corrected chi connectivity index (χ3v) is 6.29. The normalized spacial score (nSPS) is 22.9. The van der Waals surface area contributed by atoms with Gasteiger partial charge in [0, 0.05) is 5.56 Å². The van der Waals surface area contributed by atoms with E-state index >= 15 is 0 Å². The zero-order valence-electron chi connectivity index (χ0n) is 12.9. The third kappa shape index (κ3) is 2.47. The van der Waals surface area contributed by atoms with E-state index in [2.05, 4.69) is 0 Å². The number of fused-ring (bicyclic) bond motifs is 2. The molecule has 0 N–H and O–H groups in total. The average molecular weight is 324 g/mol. The first-order valence-electron chi connectivity index (χ1n) is 7.60. The minimum absolute atomic E-state index is 0.305. The molecule has 1 fully saturated rings. The van der Waals surface area contributed by atoms with Gasteiger partial charge in [0.1, 0.15) is 5.66 Å². The van der Waals surface area contributed by atoms with Gasteiger partial charge in [-0.2, -0.15) is 0 Å². The van der Waals surface area contributed by atoms with Crippen LogP contribution in [0.15, 0.2) is 30.3 Å². The van der Waals surface area contributed by atoms with Gasteiger partial charge in [-0.1, -0.05) is 36.4 Å². The van der Waals surface area contributed by atoms with E-state index in [1.54, 1.807) is 13.8 Å². The second-order valence-corrected chi connectivity index (χ2v) is 7.28. The van der Waals surface area contributed by atoms with Crippen molar-refractivity contribution in [2.24, 2.45) is 0 Å². The number of ether oxygens (including phenoxy) is 2. The predicted octanol–water partition coefficient (Wildman–Crippen LogP) is 3.55. The van der Waals surface area contributed by atoms with Gasteiger partial charge in [0.25, 0.3) is 0 Å². The molecule has 2 aliphatic rings. The van der Waals surface area contributed by atoms with E-state index in [1.807, 2.05) is 36.4 Å². The number of rotatable bonds is 5. The fraction of sp³-hybridized carbons (Fsp3) is 0.500. The van der Waals surface area contributed by atoms with Gasteiger partial charge in [-0.25, -0.2) is 0 Å². The molecule has 3 rings (SSSR count). The van der Waals surface area contributed by atoms with Crippen molar-refractivity contribution in [1.29, 1.82) is 0 Å². The third-order valence-electron chi connectivity index (χ3n) is 3.86. The Morgan fingerprint density at radius 2 is 1.82 bits per heavy atom. The largest absolute Gasteiger partial charge is 0.343 e. The first kappa shape index (κ1) is 15.9. The van der Waals surface area contributed by atoms with Gasteiger partial charge < -0.3 is 18.5 Å². The SMILES string of the molecule is CCOP(=O)(OCC)C1C=Cc2ccccc2C12OCCO2. The molecule has 0 bridgehead atoms. The van der Waals surface area contributed by atoms with Gasteiger partial charge in [0.2, 0.25) is 5.79 Å². The maximum absolute atomic E-state index is 13.3. The van der Waals surface area contributed by atoms with E-state index in [-0.39, 0.29) is 0 Å². The fourth-order valence-electron chi connectivity index (χ4n) is 3.07. The summed E-state index contributed by atoms with van der Waals surface area (Å²) in [6.45, 7) is 5.12. The molecule has 1 spiro atoms. The molecule has 1 aliphatic carbocycles. The van der Waals surface area contributed by atoms with E-state index < -0.39 is 19.0 Å². The first-order chi connectivity index (χ1) is 10.7. The lowest BCUT2D eigenvalue weighted by atomic mass is 9.91. The van der Waals surface area contributed by atoms with E-state index in [0.29, 0.717) is 26.4 Å². The van der Waals surface area contributed by atoms with E-state index in [9.17, 15) is 4.57 Å². The smallest absolute Gasteiger partial charge is 0.342 e. The summed E-state index contributed by atoms with van der Waals surface area (Å²) in [5, 5.41) is 0. The molecule has 5 nitrogen and oxygen atoms in total. The van der Waals surface area contributed by atoms with Crippen LogP contribution in [0.1, 0.15) is 25.0 Å². The van der Waals surface area contributed by atoms with Crippen LogP contribution in [0.5, 0.6) is 0 Å². The van der Waals surface area contributed by atoms with Gasteiger partial charge in [-0.05, 0) is 19.4 Å². The van der Waals surface area contributed by atoms with Crippen molar-refractivity contribution in [3.05, 3.63) is 41.5 Å². The van der Waals surface area contributed by atoms with Crippen molar-refractivity contribution in [2.75, 3.05) is 26.4 Å². The minimum atomic E-state index is -3.40. The van der Waals surface area contributed by atoms with Gasteiger partial charge in [0.05, 0.1) is 26.4 Å². The molecular weight excluding hydrogens is 303 g/mol. The van der Waals surface area contributed by atoms with Crippen LogP contribution in [0, 0.1) is 0 Å². The molecule has 1 heterocycles. The maximum Gasteiger partial charge on any atom is 0.343 e. The van der Waals surface area contributed by atoms with Crippen LogP contribution >= 0.6 is 7.60 Å². The highest BCUT2D eigenvalue weighted by atomic mass is 31.2. The molecule has 1 aliphatic heterocycles. The second-order valence-electron chi connectivity index (χ2n) is 5.13. The summed E-state index contributed by atoms with van der Waals surface area (Å²) in [5.74, 6) is -1.09. The molecule has 1 unspecified atom stereocenters. The molecule has 0 saturated carbocycles. The molecule has 1 aromatic carbocycles. The van der Waals surface area contributed by atoms with E-state index in [4.69, 9.17) is 18.5 Å². The van der Waals surface area contributed by atoms with Crippen molar-refractivity contribution >= 4 is 13.7 Å². The highest BCUT2D eigenvalue weighted by molar-refractivity contribution is 7.55. The van der Waals surface area contributed by atoms with Crippen LogP contribution in [0.2, 0.25) is 0 Å². The Kier molecular flexibility index (Phi) is 4.53. The summed E-state index contributed by atoms with van der Waals surface area (Å²) in [4.78, 5) is 0. The Morgan fingerprint density at radius 3 is 2.45 bits per heavy atom. The van der Waals surface area contributed by atoms with Crippen LogP contribution in [-0.4, -0.2) is 32.1 Å². The Morgan fingerprint density at radius 1 is 1.18 bits per heavy atom. The maximum atomic E-state index is 13.3. The van der Waals surface area contributed by atoms with Crippen LogP contribution in [0.4, 0.5) is 0 Å². The number of hydrogen-bond acceptors (Lipinski definition) is 5. The Labute approximate surface area is 130 Å². The molecule has 6 heteroatoms. The standard InChI is InChI=1S/C16H21O5P/c1-3-20-22(17,21-4-2)15-10-9-13-7-5-6-8-14(13)16(15)18-11-12-19-16/h5-10,15H,3-4,11-12H2,1-2H3. The summed E-state index contributed by atoms with van der Waals surface area (Å²) in [6.07, 6.45) is 3.76. The van der Waals surface area contributed by atoms with E-state index in [1.165, 1.54) is 0 Å². The van der Waals surface area contributed by atoms with Gasteiger partial charge in [-0.15, -0.1) is 0 Å². The first-order valence-corrected chi connectivity index (χ1v) is 9.22. The summed E-state index contributed by atoms with van der Waals surface area (Å²) >= 11 is 0. The average Bonchev–Trinajstić information content (AvgIpc) is 2.98. The Balaban J connectivity index is 2.10. The lowest BCUT2D eigenvalue weighted by molar-refractivity contribution is -0.164. The fourth-order valence-corrected chi connectivity index (χ4v) is 5.18. The number of hydrogen-bond donors (Lipinski definition) is 0. The van der Waals surface area contributed by atoms with E-state index in [0.717, 1.165) is 11.1 Å². The lowest BCUT2D eigenvalue weighted by Crippen LogP contribution is -2.42. The van der Waals surface area contributed by atoms with Gasteiger partial charge in [0.15, 0.2) is 0 Å². The molecule has 1 aromatic rings. The molecule has 120 valence electrons. The number of benzene rings is 1. The molecule has 0 amide bonds. The topological polar surface area (TPSA) is 54.0 Å². The lowest BCUT2D eigenvalue weighted by Gasteiger charge is -2.40. The summed E-state index contributed by atoms with van der Waals surface area (Å²) in [6, 6.07) is 7.81. The zero-order chi connectivity index (χ0) is 15.6. The molecule has 0 aromatic heterocycles.